The number of rotatable bonds is 6. The van der Waals surface area contributed by atoms with Crippen molar-refractivity contribution >= 4 is 5.91 Å². The Morgan fingerprint density at radius 2 is 2.24 bits per heavy atom. The Balaban J connectivity index is 1.55. The fraction of sp³-hybridized carbons (Fsp3) is 0.647. The van der Waals surface area contributed by atoms with Gasteiger partial charge in [0.05, 0.1) is 18.3 Å². The molecule has 2 aromatic rings. The van der Waals surface area contributed by atoms with Crippen LogP contribution < -0.4 is 5.32 Å². The molecule has 8 nitrogen and oxygen atoms in total. The fourth-order valence-electron chi connectivity index (χ4n) is 3.40. The number of nitrogens with zero attached hydrogens (tertiary/aromatic N) is 5. The van der Waals surface area contributed by atoms with Gasteiger partial charge in [0.2, 0.25) is 5.91 Å². The van der Waals surface area contributed by atoms with Crippen molar-refractivity contribution in [3.63, 3.8) is 0 Å². The number of nitrogens with one attached hydrogen (secondary N) is 1. The van der Waals surface area contributed by atoms with E-state index >= 15 is 0 Å². The number of hydrogen-bond donors (Lipinski definition) is 1. The van der Waals surface area contributed by atoms with Gasteiger partial charge in [-0.25, -0.2) is 9.67 Å². The highest BCUT2D eigenvalue weighted by molar-refractivity contribution is 5.76. The maximum absolute atomic E-state index is 12.4. The second-order valence-electron chi connectivity index (χ2n) is 6.79. The highest BCUT2D eigenvalue weighted by Crippen LogP contribution is 2.16. The summed E-state index contributed by atoms with van der Waals surface area (Å²) in [6, 6.07) is 2.15. The largest absolute Gasteiger partial charge is 0.377 e. The summed E-state index contributed by atoms with van der Waals surface area (Å²) in [5, 5.41) is 12.0. The van der Waals surface area contributed by atoms with Crippen LogP contribution in [-0.2, 0) is 29.1 Å². The first-order chi connectivity index (χ1) is 12.0. The molecule has 0 saturated heterocycles. The van der Waals surface area contributed by atoms with Crippen LogP contribution in [-0.4, -0.2) is 43.6 Å². The summed E-state index contributed by atoms with van der Waals surface area (Å²) in [5.74, 6) is 1.71. The number of hydrogen-bond acceptors (Lipinski definition) is 5. The molecule has 0 aromatic carbocycles. The zero-order valence-electron chi connectivity index (χ0n) is 15.3. The third-order valence-electron chi connectivity index (χ3n) is 4.48. The minimum atomic E-state index is 0.0347. The number of fused-ring (bicyclic) bond motifs is 1. The molecule has 1 aliphatic heterocycles. The molecule has 136 valence electrons. The van der Waals surface area contributed by atoms with E-state index in [0.717, 1.165) is 30.1 Å². The Labute approximate surface area is 147 Å². The standard InChI is InChI=1S/C17H26N6O2/c1-11-7-12(2)23(20-11)13(3)8-17(24)18-14-5-6-16-19-15(10-25-4)21-22(16)9-14/h7,13-14H,5-6,8-10H2,1-4H3,(H,18,24). The predicted octanol–water partition coefficient (Wildman–Crippen LogP) is 1.32. The SMILES string of the molecule is COCc1nc2n(n1)CC(NC(=O)CC(C)n1nc(C)cc1C)CC2. The van der Waals surface area contributed by atoms with Gasteiger partial charge in [-0.1, -0.05) is 0 Å². The first kappa shape index (κ1) is 17.6. The van der Waals surface area contributed by atoms with Crippen molar-refractivity contribution in [3.05, 3.63) is 29.1 Å². The van der Waals surface area contributed by atoms with Crippen molar-refractivity contribution in [1.29, 1.82) is 0 Å². The number of amides is 1. The van der Waals surface area contributed by atoms with Gasteiger partial charge in [0, 0.05) is 31.7 Å². The number of carbonyl (C=O) groups excluding carboxylic acids is 1. The molecule has 1 N–H and O–H groups in total. The summed E-state index contributed by atoms with van der Waals surface area (Å²) >= 11 is 0. The van der Waals surface area contributed by atoms with E-state index in [-0.39, 0.29) is 18.0 Å². The molecule has 8 heteroatoms. The Kier molecular flexibility index (Phi) is 5.17. The van der Waals surface area contributed by atoms with Crippen LogP contribution in [0.3, 0.4) is 0 Å². The van der Waals surface area contributed by atoms with Gasteiger partial charge in [0.25, 0.3) is 0 Å². The highest BCUT2D eigenvalue weighted by Gasteiger charge is 2.24. The lowest BCUT2D eigenvalue weighted by Gasteiger charge is -2.24. The molecule has 25 heavy (non-hydrogen) atoms. The van der Waals surface area contributed by atoms with E-state index in [1.165, 1.54) is 0 Å². The molecule has 3 heterocycles. The van der Waals surface area contributed by atoms with Crippen LogP contribution in [0, 0.1) is 13.8 Å². The molecule has 2 unspecified atom stereocenters. The summed E-state index contributed by atoms with van der Waals surface area (Å²) in [4.78, 5) is 16.9. The van der Waals surface area contributed by atoms with Gasteiger partial charge in [-0.3, -0.25) is 9.48 Å². The molecule has 2 aromatic heterocycles. The molecule has 2 atom stereocenters. The molecule has 3 rings (SSSR count). The van der Waals surface area contributed by atoms with E-state index in [2.05, 4.69) is 20.5 Å². The molecular formula is C17H26N6O2. The van der Waals surface area contributed by atoms with Crippen molar-refractivity contribution in [2.75, 3.05) is 7.11 Å². The summed E-state index contributed by atoms with van der Waals surface area (Å²) in [6.07, 6.45) is 2.11. The monoisotopic (exact) mass is 346 g/mol. The highest BCUT2D eigenvalue weighted by atomic mass is 16.5. The molecule has 1 aliphatic rings. The third kappa shape index (κ3) is 4.07. The number of aromatic nitrogens is 5. The van der Waals surface area contributed by atoms with E-state index in [0.29, 0.717) is 25.4 Å². The van der Waals surface area contributed by atoms with Crippen LogP contribution in [0.4, 0.5) is 0 Å². The van der Waals surface area contributed by atoms with E-state index < -0.39 is 0 Å². The quantitative estimate of drug-likeness (QED) is 0.852. The predicted molar refractivity (Wildman–Crippen MR) is 92.0 cm³/mol. The zero-order valence-corrected chi connectivity index (χ0v) is 15.3. The number of carbonyl (C=O) groups is 1. The summed E-state index contributed by atoms with van der Waals surface area (Å²) < 4.78 is 8.88. The van der Waals surface area contributed by atoms with Crippen molar-refractivity contribution < 1.29 is 9.53 Å². The number of aryl methyl sites for hydroxylation is 3. The van der Waals surface area contributed by atoms with Gasteiger partial charge in [-0.15, -0.1) is 0 Å². The van der Waals surface area contributed by atoms with Crippen molar-refractivity contribution in [2.24, 2.45) is 0 Å². The summed E-state index contributed by atoms with van der Waals surface area (Å²) in [6.45, 7) is 7.07. The lowest BCUT2D eigenvalue weighted by molar-refractivity contribution is -0.122. The van der Waals surface area contributed by atoms with Crippen LogP contribution in [0.1, 0.15) is 48.8 Å². The third-order valence-corrected chi connectivity index (χ3v) is 4.48. The summed E-state index contributed by atoms with van der Waals surface area (Å²) in [7, 11) is 1.63. The molecule has 0 fully saturated rings. The van der Waals surface area contributed by atoms with Crippen LogP contribution in [0.25, 0.3) is 0 Å². The molecule has 0 radical (unpaired) electrons. The summed E-state index contributed by atoms with van der Waals surface area (Å²) in [5.41, 5.74) is 2.05. The second-order valence-corrected chi connectivity index (χ2v) is 6.79. The second kappa shape index (κ2) is 7.35. The molecule has 1 amide bonds. The Morgan fingerprint density at radius 1 is 1.44 bits per heavy atom. The lowest BCUT2D eigenvalue weighted by Crippen LogP contribution is -2.41. The van der Waals surface area contributed by atoms with Crippen LogP contribution in [0.15, 0.2) is 6.07 Å². The maximum Gasteiger partial charge on any atom is 0.222 e. The molecule has 0 saturated carbocycles. The van der Waals surface area contributed by atoms with Gasteiger partial charge < -0.3 is 10.1 Å². The smallest absolute Gasteiger partial charge is 0.222 e. The van der Waals surface area contributed by atoms with Gasteiger partial charge in [-0.05, 0) is 33.3 Å². The van der Waals surface area contributed by atoms with Crippen molar-refractivity contribution in [2.45, 2.75) is 65.3 Å². The van der Waals surface area contributed by atoms with E-state index in [1.807, 2.05) is 36.2 Å². The fourth-order valence-corrected chi connectivity index (χ4v) is 3.40. The average Bonchev–Trinajstić information content (AvgIpc) is 3.09. The Bertz CT molecular complexity index is 750. The van der Waals surface area contributed by atoms with E-state index in [9.17, 15) is 4.79 Å². The maximum atomic E-state index is 12.4. The Hall–Kier alpha value is -2.22. The topological polar surface area (TPSA) is 86.9 Å². The van der Waals surface area contributed by atoms with Gasteiger partial charge in [0.1, 0.15) is 12.4 Å². The van der Waals surface area contributed by atoms with E-state index in [4.69, 9.17) is 4.74 Å². The van der Waals surface area contributed by atoms with Gasteiger partial charge >= 0.3 is 0 Å². The van der Waals surface area contributed by atoms with Crippen LogP contribution in [0.5, 0.6) is 0 Å². The lowest BCUT2D eigenvalue weighted by atomic mass is 10.1. The average molecular weight is 346 g/mol. The van der Waals surface area contributed by atoms with Crippen molar-refractivity contribution in [3.8, 4) is 0 Å². The van der Waals surface area contributed by atoms with Crippen LogP contribution in [0.2, 0.25) is 0 Å². The van der Waals surface area contributed by atoms with Gasteiger partial charge in [0.15, 0.2) is 5.82 Å². The van der Waals surface area contributed by atoms with Crippen LogP contribution >= 0.6 is 0 Å². The van der Waals surface area contributed by atoms with Gasteiger partial charge in [-0.2, -0.15) is 10.2 Å². The molecule has 0 aliphatic carbocycles. The first-order valence-corrected chi connectivity index (χ1v) is 8.70. The first-order valence-electron chi connectivity index (χ1n) is 8.70. The molecule has 0 spiro atoms. The molecular weight excluding hydrogens is 320 g/mol. The molecule has 0 bridgehead atoms. The number of ether oxygens (including phenoxy) is 1. The number of methoxy groups -OCH3 is 1. The minimum absolute atomic E-state index is 0.0347. The van der Waals surface area contributed by atoms with Crippen molar-refractivity contribution in [1.82, 2.24) is 29.9 Å². The zero-order chi connectivity index (χ0) is 18.0. The minimum Gasteiger partial charge on any atom is -0.377 e. The Morgan fingerprint density at radius 3 is 2.92 bits per heavy atom. The normalized spacial score (nSPS) is 18.0. The van der Waals surface area contributed by atoms with E-state index in [1.54, 1.807) is 7.11 Å².